The Morgan fingerprint density at radius 2 is 1.72 bits per heavy atom. The first-order chi connectivity index (χ1) is 11.8. The summed E-state index contributed by atoms with van der Waals surface area (Å²) in [5, 5.41) is 2.57. The number of alkyl halides is 3. The third kappa shape index (κ3) is 6.70. The Labute approximate surface area is 148 Å². The van der Waals surface area contributed by atoms with E-state index in [0.717, 1.165) is 23.4 Å². The summed E-state index contributed by atoms with van der Waals surface area (Å²) in [5.41, 5.74) is 0.754. The smallest absolute Gasteiger partial charge is 0.416 e. The molecule has 1 amide bonds. The average molecular weight is 369 g/mol. The minimum atomic E-state index is -4.38. The van der Waals surface area contributed by atoms with E-state index in [1.807, 2.05) is 31.2 Å². The van der Waals surface area contributed by atoms with Gasteiger partial charge in [-0.3, -0.25) is 4.79 Å². The van der Waals surface area contributed by atoms with Crippen LogP contribution in [0, 0.1) is 6.92 Å². The molecule has 2 rings (SSSR count). The number of aryl methyl sites for hydroxylation is 1. The van der Waals surface area contributed by atoms with E-state index in [-0.39, 0.29) is 11.7 Å². The molecular formula is C18H18F3NO2S. The summed E-state index contributed by atoms with van der Waals surface area (Å²) < 4.78 is 42.9. The number of benzene rings is 2. The molecule has 0 saturated carbocycles. The van der Waals surface area contributed by atoms with Gasteiger partial charge in [0.1, 0.15) is 5.75 Å². The van der Waals surface area contributed by atoms with E-state index in [1.54, 1.807) is 0 Å². The highest BCUT2D eigenvalue weighted by Gasteiger charge is 2.29. The highest BCUT2D eigenvalue weighted by atomic mass is 32.2. The largest absolute Gasteiger partial charge is 0.493 e. The van der Waals surface area contributed by atoms with Gasteiger partial charge in [0.25, 0.3) is 0 Å². The summed E-state index contributed by atoms with van der Waals surface area (Å²) in [5.74, 6) is 1.35. The van der Waals surface area contributed by atoms with Crippen LogP contribution in [-0.4, -0.2) is 24.0 Å². The lowest BCUT2D eigenvalue weighted by Crippen LogP contribution is -2.15. The van der Waals surface area contributed by atoms with Gasteiger partial charge in [-0.1, -0.05) is 17.7 Å². The highest BCUT2D eigenvalue weighted by molar-refractivity contribution is 7.99. The van der Waals surface area contributed by atoms with Crippen LogP contribution in [-0.2, 0) is 11.0 Å². The summed E-state index contributed by atoms with van der Waals surface area (Å²) in [6.45, 7) is 2.47. The zero-order valence-electron chi connectivity index (χ0n) is 13.6. The lowest BCUT2D eigenvalue weighted by Gasteiger charge is -2.09. The number of hydrogen-bond acceptors (Lipinski definition) is 3. The SMILES string of the molecule is Cc1ccc(OCCSCC(=O)Nc2ccc(C(F)(F)F)cc2)cc1. The summed E-state index contributed by atoms with van der Waals surface area (Å²) >= 11 is 1.39. The van der Waals surface area contributed by atoms with Crippen molar-refractivity contribution in [1.29, 1.82) is 0 Å². The number of amides is 1. The lowest BCUT2D eigenvalue weighted by molar-refractivity contribution is -0.137. The molecule has 0 bridgehead atoms. The Morgan fingerprint density at radius 3 is 2.32 bits per heavy atom. The van der Waals surface area contributed by atoms with Crippen LogP contribution in [0.5, 0.6) is 5.75 Å². The van der Waals surface area contributed by atoms with Gasteiger partial charge < -0.3 is 10.1 Å². The minimum absolute atomic E-state index is 0.207. The maximum atomic E-state index is 12.5. The van der Waals surface area contributed by atoms with Crippen LogP contribution in [0.2, 0.25) is 0 Å². The Morgan fingerprint density at radius 1 is 1.08 bits per heavy atom. The van der Waals surface area contributed by atoms with E-state index in [9.17, 15) is 18.0 Å². The predicted molar refractivity (Wildman–Crippen MR) is 94.1 cm³/mol. The molecule has 0 atom stereocenters. The van der Waals surface area contributed by atoms with E-state index in [2.05, 4.69) is 5.32 Å². The molecule has 1 N–H and O–H groups in total. The minimum Gasteiger partial charge on any atom is -0.493 e. The molecule has 0 aliphatic rings. The molecule has 0 fully saturated rings. The molecule has 0 aromatic heterocycles. The summed E-state index contributed by atoms with van der Waals surface area (Å²) in [7, 11) is 0. The van der Waals surface area contributed by atoms with Crippen LogP contribution in [0.15, 0.2) is 48.5 Å². The zero-order valence-corrected chi connectivity index (χ0v) is 14.4. The fourth-order valence-corrected chi connectivity index (χ4v) is 2.56. The molecular weight excluding hydrogens is 351 g/mol. The van der Waals surface area contributed by atoms with Gasteiger partial charge in [-0.25, -0.2) is 0 Å². The summed E-state index contributed by atoms with van der Waals surface area (Å²) in [6.07, 6.45) is -4.38. The number of halogens is 3. The Hall–Kier alpha value is -2.15. The fraction of sp³-hybridized carbons (Fsp3) is 0.278. The van der Waals surface area contributed by atoms with Crippen molar-refractivity contribution >= 4 is 23.4 Å². The normalized spacial score (nSPS) is 11.2. The standard InChI is InChI=1S/C18H18F3NO2S/c1-13-2-8-16(9-3-13)24-10-11-25-12-17(23)22-15-6-4-14(5-7-15)18(19,20)21/h2-9H,10-12H2,1H3,(H,22,23). The first kappa shape index (κ1) is 19.2. The maximum Gasteiger partial charge on any atom is 0.416 e. The molecule has 134 valence electrons. The maximum absolute atomic E-state index is 12.5. The first-order valence-electron chi connectivity index (χ1n) is 7.59. The molecule has 3 nitrogen and oxygen atoms in total. The van der Waals surface area contributed by atoms with E-state index >= 15 is 0 Å². The van der Waals surface area contributed by atoms with Gasteiger partial charge in [0.05, 0.1) is 17.9 Å². The number of hydrogen-bond donors (Lipinski definition) is 1. The van der Waals surface area contributed by atoms with Crippen LogP contribution in [0.25, 0.3) is 0 Å². The number of rotatable bonds is 7. The van der Waals surface area contributed by atoms with Crippen molar-refractivity contribution in [1.82, 2.24) is 0 Å². The fourth-order valence-electron chi connectivity index (χ4n) is 1.96. The van der Waals surface area contributed by atoms with Crippen LogP contribution >= 0.6 is 11.8 Å². The molecule has 7 heteroatoms. The molecule has 2 aromatic rings. The van der Waals surface area contributed by atoms with E-state index < -0.39 is 11.7 Å². The van der Waals surface area contributed by atoms with Crippen molar-refractivity contribution in [2.75, 3.05) is 23.4 Å². The molecule has 0 radical (unpaired) electrons. The lowest BCUT2D eigenvalue weighted by atomic mass is 10.2. The van der Waals surface area contributed by atoms with Crippen LogP contribution < -0.4 is 10.1 Å². The number of nitrogens with one attached hydrogen (secondary N) is 1. The number of anilines is 1. The monoisotopic (exact) mass is 369 g/mol. The summed E-state index contributed by atoms with van der Waals surface area (Å²) in [4.78, 5) is 11.8. The Balaban J connectivity index is 1.66. The van der Waals surface area contributed by atoms with Gasteiger partial charge in [-0.05, 0) is 43.3 Å². The second-order valence-corrected chi connectivity index (χ2v) is 6.44. The molecule has 0 heterocycles. The van der Waals surface area contributed by atoms with Crippen molar-refractivity contribution in [2.24, 2.45) is 0 Å². The zero-order chi connectivity index (χ0) is 18.3. The topological polar surface area (TPSA) is 38.3 Å². The van der Waals surface area contributed by atoms with Gasteiger partial charge in [-0.15, -0.1) is 11.8 Å². The van der Waals surface area contributed by atoms with Gasteiger partial charge in [0, 0.05) is 11.4 Å². The second kappa shape index (κ2) is 8.80. The van der Waals surface area contributed by atoms with E-state index in [4.69, 9.17) is 4.74 Å². The van der Waals surface area contributed by atoms with Gasteiger partial charge in [-0.2, -0.15) is 13.2 Å². The molecule has 0 saturated heterocycles. The summed E-state index contributed by atoms with van der Waals surface area (Å²) in [6, 6.07) is 12.1. The Bertz CT molecular complexity index is 685. The first-order valence-corrected chi connectivity index (χ1v) is 8.74. The van der Waals surface area contributed by atoms with Crippen molar-refractivity contribution in [3.8, 4) is 5.75 Å². The van der Waals surface area contributed by atoms with Gasteiger partial charge in [0.2, 0.25) is 5.91 Å². The highest BCUT2D eigenvalue weighted by Crippen LogP contribution is 2.29. The molecule has 0 aliphatic carbocycles. The number of carbonyl (C=O) groups excluding carboxylic acids is 1. The van der Waals surface area contributed by atoms with E-state index in [0.29, 0.717) is 18.0 Å². The van der Waals surface area contributed by atoms with Crippen molar-refractivity contribution in [2.45, 2.75) is 13.1 Å². The predicted octanol–water partition coefficient (Wildman–Crippen LogP) is 4.76. The van der Waals surface area contributed by atoms with Crippen molar-refractivity contribution < 1.29 is 22.7 Å². The molecule has 0 aliphatic heterocycles. The molecule has 2 aromatic carbocycles. The van der Waals surface area contributed by atoms with Gasteiger partial charge >= 0.3 is 6.18 Å². The van der Waals surface area contributed by atoms with Gasteiger partial charge in [0.15, 0.2) is 0 Å². The number of thioether (sulfide) groups is 1. The van der Waals surface area contributed by atoms with Crippen molar-refractivity contribution in [3.05, 3.63) is 59.7 Å². The molecule has 0 unspecified atom stereocenters. The Kier molecular flexibility index (Phi) is 6.75. The van der Waals surface area contributed by atoms with Crippen LogP contribution in [0.3, 0.4) is 0 Å². The molecule has 0 spiro atoms. The van der Waals surface area contributed by atoms with Crippen molar-refractivity contribution in [3.63, 3.8) is 0 Å². The molecule has 25 heavy (non-hydrogen) atoms. The number of ether oxygens (including phenoxy) is 1. The third-order valence-electron chi connectivity index (χ3n) is 3.25. The third-order valence-corrected chi connectivity index (χ3v) is 4.17. The quantitative estimate of drug-likeness (QED) is 0.715. The van der Waals surface area contributed by atoms with Crippen LogP contribution in [0.1, 0.15) is 11.1 Å². The van der Waals surface area contributed by atoms with E-state index in [1.165, 1.54) is 23.9 Å². The number of carbonyl (C=O) groups is 1. The van der Waals surface area contributed by atoms with Crippen LogP contribution in [0.4, 0.5) is 18.9 Å². The average Bonchev–Trinajstić information content (AvgIpc) is 2.56. The second-order valence-electron chi connectivity index (χ2n) is 5.34.